The Morgan fingerprint density at radius 1 is 1.06 bits per heavy atom. The molecule has 2 aromatic rings. The van der Waals surface area contributed by atoms with Gasteiger partial charge in [-0.3, -0.25) is 0 Å². The lowest BCUT2D eigenvalue weighted by atomic mass is 10.2. The van der Waals surface area contributed by atoms with Crippen LogP contribution in [0.5, 0.6) is 0 Å². The number of rotatable bonds is 5. The second kappa shape index (κ2) is 6.00. The second-order valence-corrected chi connectivity index (χ2v) is 4.43. The summed E-state index contributed by atoms with van der Waals surface area (Å²) in [7, 11) is 0. The molecule has 18 heavy (non-hydrogen) atoms. The Hall–Kier alpha value is -2.10. The minimum absolute atomic E-state index is 0.363. The van der Waals surface area contributed by atoms with Crippen LogP contribution >= 0.6 is 0 Å². The zero-order valence-corrected chi connectivity index (χ0v) is 10.7. The summed E-state index contributed by atoms with van der Waals surface area (Å²) in [6, 6.07) is 12.5. The van der Waals surface area contributed by atoms with E-state index in [0.29, 0.717) is 6.04 Å². The molecule has 1 aromatic carbocycles. The van der Waals surface area contributed by atoms with E-state index in [0.717, 1.165) is 18.2 Å². The molecule has 0 fully saturated rings. The van der Waals surface area contributed by atoms with Crippen LogP contribution in [0, 0.1) is 0 Å². The number of nitrogens with one attached hydrogen (secondary N) is 2. The topological polar surface area (TPSA) is 49.8 Å². The molecule has 0 atom stereocenters. The van der Waals surface area contributed by atoms with Crippen LogP contribution in [0.4, 0.5) is 11.6 Å². The van der Waals surface area contributed by atoms with Gasteiger partial charge in [-0.25, -0.2) is 9.97 Å². The van der Waals surface area contributed by atoms with Crippen molar-refractivity contribution in [1.29, 1.82) is 0 Å². The number of benzene rings is 1. The normalized spacial score (nSPS) is 10.4. The van der Waals surface area contributed by atoms with E-state index in [1.54, 1.807) is 6.33 Å². The maximum atomic E-state index is 4.20. The number of nitrogens with zero attached hydrogens (tertiary/aromatic N) is 2. The fraction of sp³-hybridized carbons (Fsp3) is 0.286. The first kappa shape index (κ1) is 12.4. The molecule has 0 amide bonds. The summed E-state index contributed by atoms with van der Waals surface area (Å²) in [5.41, 5.74) is 1.23. The third-order valence-electron chi connectivity index (χ3n) is 2.42. The van der Waals surface area contributed by atoms with Gasteiger partial charge >= 0.3 is 0 Å². The van der Waals surface area contributed by atoms with Gasteiger partial charge in [0, 0.05) is 18.7 Å². The highest BCUT2D eigenvalue weighted by Gasteiger charge is 2.00. The Kier molecular flexibility index (Phi) is 4.12. The van der Waals surface area contributed by atoms with Crippen molar-refractivity contribution in [3.05, 3.63) is 48.3 Å². The van der Waals surface area contributed by atoms with Crippen LogP contribution < -0.4 is 10.6 Å². The van der Waals surface area contributed by atoms with E-state index in [2.05, 4.69) is 46.6 Å². The quantitative estimate of drug-likeness (QED) is 0.846. The summed E-state index contributed by atoms with van der Waals surface area (Å²) in [5, 5.41) is 6.54. The maximum absolute atomic E-state index is 4.20. The molecular weight excluding hydrogens is 224 g/mol. The highest BCUT2D eigenvalue weighted by atomic mass is 15.1. The first-order valence-electron chi connectivity index (χ1n) is 6.10. The minimum Gasteiger partial charge on any atom is -0.368 e. The third kappa shape index (κ3) is 3.73. The van der Waals surface area contributed by atoms with E-state index >= 15 is 0 Å². The molecule has 0 aliphatic rings. The van der Waals surface area contributed by atoms with Crippen molar-refractivity contribution in [1.82, 2.24) is 9.97 Å². The highest BCUT2D eigenvalue weighted by molar-refractivity contribution is 5.47. The first-order chi connectivity index (χ1) is 8.74. The van der Waals surface area contributed by atoms with Crippen LogP contribution in [-0.4, -0.2) is 16.0 Å². The minimum atomic E-state index is 0.363. The van der Waals surface area contributed by atoms with E-state index in [4.69, 9.17) is 0 Å². The second-order valence-electron chi connectivity index (χ2n) is 4.43. The molecule has 2 N–H and O–H groups in total. The average Bonchev–Trinajstić information content (AvgIpc) is 2.37. The Morgan fingerprint density at radius 3 is 2.50 bits per heavy atom. The summed E-state index contributed by atoms with van der Waals surface area (Å²) in [5.74, 6) is 1.67. The number of hydrogen-bond acceptors (Lipinski definition) is 4. The predicted octanol–water partition coefficient (Wildman–Crippen LogP) is 2.91. The van der Waals surface area contributed by atoms with Gasteiger partial charge in [0.05, 0.1) is 0 Å². The lowest BCUT2D eigenvalue weighted by molar-refractivity contribution is 0.886. The van der Waals surface area contributed by atoms with E-state index in [1.807, 2.05) is 24.3 Å². The smallest absolute Gasteiger partial charge is 0.131 e. The van der Waals surface area contributed by atoms with E-state index < -0.39 is 0 Å². The molecule has 0 aliphatic heterocycles. The van der Waals surface area contributed by atoms with Crippen molar-refractivity contribution in [3.63, 3.8) is 0 Å². The van der Waals surface area contributed by atoms with Gasteiger partial charge in [0.25, 0.3) is 0 Å². The van der Waals surface area contributed by atoms with Gasteiger partial charge in [-0.2, -0.15) is 0 Å². The molecule has 0 saturated heterocycles. The van der Waals surface area contributed by atoms with Gasteiger partial charge in [0.15, 0.2) is 0 Å². The van der Waals surface area contributed by atoms with Gasteiger partial charge in [-0.05, 0) is 19.4 Å². The largest absolute Gasteiger partial charge is 0.368 e. The van der Waals surface area contributed by atoms with Gasteiger partial charge in [-0.15, -0.1) is 0 Å². The Balaban J connectivity index is 1.97. The van der Waals surface area contributed by atoms with E-state index in [-0.39, 0.29) is 0 Å². The van der Waals surface area contributed by atoms with Crippen LogP contribution in [0.25, 0.3) is 0 Å². The molecule has 1 heterocycles. The van der Waals surface area contributed by atoms with Crippen LogP contribution in [0.3, 0.4) is 0 Å². The SMILES string of the molecule is CC(C)Nc1cc(NCc2ccccc2)ncn1. The maximum Gasteiger partial charge on any atom is 0.131 e. The zero-order chi connectivity index (χ0) is 12.8. The zero-order valence-electron chi connectivity index (χ0n) is 10.7. The molecular formula is C14H18N4. The first-order valence-corrected chi connectivity index (χ1v) is 6.10. The highest BCUT2D eigenvalue weighted by Crippen LogP contribution is 2.11. The fourth-order valence-electron chi connectivity index (χ4n) is 1.62. The van der Waals surface area contributed by atoms with Crippen molar-refractivity contribution in [2.24, 2.45) is 0 Å². The van der Waals surface area contributed by atoms with Crippen LogP contribution in [0.2, 0.25) is 0 Å². The van der Waals surface area contributed by atoms with Crippen molar-refractivity contribution in [2.45, 2.75) is 26.4 Å². The van der Waals surface area contributed by atoms with Crippen molar-refractivity contribution >= 4 is 11.6 Å². The molecule has 0 spiro atoms. The Bertz CT molecular complexity index is 482. The lowest BCUT2D eigenvalue weighted by Gasteiger charge is -2.10. The standard InChI is InChI=1S/C14H18N4/c1-11(2)18-14-8-13(16-10-17-14)15-9-12-6-4-3-5-7-12/h3-8,10-11H,9H2,1-2H3,(H2,15,16,17,18). The van der Waals surface area contributed by atoms with Gasteiger partial charge in [-0.1, -0.05) is 30.3 Å². The monoisotopic (exact) mass is 242 g/mol. The number of anilines is 2. The van der Waals surface area contributed by atoms with E-state index in [1.165, 1.54) is 5.56 Å². The van der Waals surface area contributed by atoms with Crippen molar-refractivity contribution in [3.8, 4) is 0 Å². The molecule has 4 nitrogen and oxygen atoms in total. The van der Waals surface area contributed by atoms with E-state index in [9.17, 15) is 0 Å². The molecule has 0 radical (unpaired) electrons. The van der Waals surface area contributed by atoms with Crippen LogP contribution in [0.15, 0.2) is 42.7 Å². The molecule has 0 aliphatic carbocycles. The molecule has 2 rings (SSSR count). The van der Waals surface area contributed by atoms with Gasteiger partial charge < -0.3 is 10.6 Å². The molecule has 4 heteroatoms. The van der Waals surface area contributed by atoms with Gasteiger partial charge in [0.1, 0.15) is 18.0 Å². The number of aromatic nitrogens is 2. The summed E-state index contributed by atoms with van der Waals surface area (Å²) in [6.45, 7) is 4.93. The molecule has 0 saturated carbocycles. The summed E-state index contributed by atoms with van der Waals surface area (Å²) in [4.78, 5) is 8.37. The summed E-state index contributed by atoms with van der Waals surface area (Å²) in [6.07, 6.45) is 1.57. The third-order valence-corrected chi connectivity index (χ3v) is 2.42. The Labute approximate surface area is 107 Å². The lowest BCUT2D eigenvalue weighted by Crippen LogP contribution is -2.11. The van der Waals surface area contributed by atoms with Crippen molar-refractivity contribution in [2.75, 3.05) is 10.6 Å². The fourth-order valence-corrected chi connectivity index (χ4v) is 1.62. The summed E-state index contributed by atoms with van der Waals surface area (Å²) < 4.78 is 0. The molecule has 94 valence electrons. The molecule has 0 unspecified atom stereocenters. The average molecular weight is 242 g/mol. The summed E-state index contributed by atoms with van der Waals surface area (Å²) >= 11 is 0. The number of hydrogen-bond donors (Lipinski definition) is 2. The molecule has 1 aromatic heterocycles. The Morgan fingerprint density at radius 2 is 1.78 bits per heavy atom. The molecule has 0 bridgehead atoms. The van der Waals surface area contributed by atoms with Crippen LogP contribution in [-0.2, 0) is 6.54 Å². The van der Waals surface area contributed by atoms with Crippen molar-refractivity contribution < 1.29 is 0 Å². The van der Waals surface area contributed by atoms with Crippen LogP contribution in [0.1, 0.15) is 19.4 Å². The predicted molar refractivity (Wildman–Crippen MR) is 74.6 cm³/mol. The van der Waals surface area contributed by atoms with Gasteiger partial charge in [0.2, 0.25) is 0 Å².